The van der Waals surface area contributed by atoms with Gasteiger partial charge in [0.2, 0.25) is 11.4 Å². The lowest BCUT2D eigenvalue weighted by atomic mass is 9.86. The van der Waals surface area contributed by atoms with Crippen LogP contribution in [0.3, 0.4) is 0 Å². The van der Waals surface area contributed by atoms with E-state index in [0.717, 1.165) is 11.5 Å². The van der Waals surface area contributed by atoms with Crippen LogP contribution in [0.4, 0.5) is 0 Å². The standard InChI is InChI=1S/C39H33N3O/c1-22-18-29(28-12-8-7-9-13-28)19-23(2)34(22)35-24(3)21-40-38(27(35)6)30-14-10-16-32-36(30)39(40)37-31(15-11-17-33(37)43-32)41-25(4)20-26(5)42(39)41/h7-21H,1-6H3/q+2. The summed E-state index contributed by atoms with van der Waals surface area (Å²) in [5.74, 6) is 1.86. The summed E-state index contributed by atoms with van der Waals surface area (Å²) in [6, 6.07) is 30.7. The average molecular weight is 560 g/mol. The monoisotopic (exact) mass is 559 g/mol. The Kier molecular flexibility index (Phi) is 4.64. The van der Waals surface area contributed by atoms with E-state index in [9.17, 15) is 0 Å². The van der Waals surface area contributed by atoms with E-state index in [4.69, 9.17) is 4.74 Å². The van der Waals surface area contributed by atoms with E-state index in [1.807, 2.05) is 0 Å². The van der Waals surface area contributed by atoms with Crippen LogP contribution < -0.4 is 14.0 Å². The van der Waals surface area contributed by atoms with Gasteiger partial charge >= 0.3 is 5.66 Å². The van der Waals surface area contributed by atoms with E-state index in [1.165, 1.54) is 84.0 Å². The van der Waals surface area contributed by atoms with Crippen LogP contribution in [0.2, 0.25) is 0 Å². The van der Waals surface area contributed by atoms with Gasteiger partial charge in [-0.15, -0.1) is 9.25 Å². The minimum Gasteiger partial charge on any atom is -0.455 e. The van der Waals surface area contributed by atoms with E-state index in [0.29, 0.717) is 0 Å². The molecule has 0 aliphatic carbocycles. The molecule has 1 atom stereocenters. The highest BCUT2D eigenvalue weighted by molar-refractivity contribution is 5.86. The summed E-state index contributed by atoms with van der Waals surface area (Å²) in [6.45, 7) is 13.6. The Labute approximate surface area is 252 Å². The first-order valence-electron chi connectivity index (χ1n) is 15.1. The van der Waals surface area contributed by atoms with E-state index in [2.05, 4.69) is 147 Å². The molecule has 9 rings (SSSR count). The second-order valence-electron chi connectivity index (χ2n) is 12.5. The lowest BCUT2D eigenvalue weighted by Gasteiger charge is -2.24. The molecule has 3 aliphatic rings. The normalized spacial score (nSPS) is 16.4. The van der Waals surface area contributed by atoms with Crippen molar-refractivity contribution in [3.63, 3.8) is 0 Å². The molecule has 0 saturated carbocycles. The van der Waals surface area contributed by atoms with Gasteiger partial charge in [-0.3, -0.25) is 0 Å². The Hall–Kier alpha value is -4.96. The van der Waals surface area contributed by atoms with Crippen LogP contribution in [-0.2, 0) is 5.66 Å². The van der Waals surface area contributed by atoms with Crippen LogP contribution >= 0.6 is 0 Å². The summed E-state index contributed by atoms with van der Waals surface area (Å²) >= 11 is 0. The molecule has 3 aliphatic heterocycles. The maximum atomic E-state index is 6.70. The second kappa shape index (κ2) is 8.11. The number of fused-ring (bicyclic) bond motifs is 4. The fourth-order valence-electron chi connectivity index (χ4n) is 8.58. The van der Waals surface area contributed by atoms with Gasteiger partial charge < -0.3 is 4.74 Å². The number of hydrogen-bond acceptors (Lipinski definition) is 1. The molecule has 0 radical (unpaired) electrons. The summed E-state index contributed by atoms with van der Waals surface area (Å²) < 4.78 is 14.2. The van der Waals surface area contributed by atoms with Gasteiger partial charge in [-0.05, 0) is 91.4 Å². The molecule has 2 aromatic heterocycles. The number of hydrogen-bond donors (Lipinski definition) is 0. The molecule has 0 N–H and O–H groups in total. The largest absolute Gasteiger partial charge is 0.455 e. The fraction of sp³-hybridized carbons (Fsp3) is 0.179. The predicted molar refractivity (Wildman–Crippen MR) is 169 cm³/mol. The van der Waals surface area contributed by atoms with Gasteiger partial charge in [-0.1, -0.05) is 54.6 Å². The Bertz CT molecular complexity index is 2200. The number of aryl methyl sites for hydroxylation is 5. The van der Waals surface area contributed by atoms with Crippen LogP contribution in [0.1, 0.15) is 44.8 Å². The Morgan fingerprint density at radius 2 is 1.35 bits per heavy atom. The number of ether oxygens (including phenoxy) is 1. The summed E-state index contributed by atoms with van der Waals surface area (Å²) in [6.07, 6.45) is 2.40. The first-order valence-corrected chi connectivity index (χ1v) is 15.1. The summed E-state index contributed by atoms with van der Waals surface area (Å²) in [7, 11) is 0. The van der Waals surface area contributed by atoms with E-state index < -0.39 is 5.66 Å². The van der Waals surface area contributed by atoms with Crippen LogP contribution in [0.5, 0.6) is 11.5 Å². The van der Waals surface area contributed by atoms with Crippen LogP contribution in [-0.4, -0.2) is 4.68 Å². The third-order valence-electron chi connectivity index (χ3n) is 9.95. The van der Waals surface area contributed by atoms with Gasteiger partial charge in [0.15, 0.2) is 17.3 Å². The molecule has 43 heavy (non-hydrogen) atoms. The summed E-state index contributed by atoms with van der Waals surface area (Å²) in [5.41, 5.74) is 18.4. The van der Waals surface area contributed by atoms with Gasteiger partial charge in [0, 0.05) is 29.7 Å². The molecule has 4 heteroatoms. The maximum Gasteiger partial charge on any atom is 0.447 e. The first-order chi connectivity index (χ1) is 20.8. The third kappa shape index (κ3) is 2.82. The molecule has 1 unspecified atom stereocenters. The number of benzene rings is 4. The molecule has 0 amide bonds. The molecular weight excluding hydrogens is 526 g/mol. The average Bonchev–Trinajstić information content (AvgIpc) is 3.59. The van der Waals surface area contributed by atoms with Crippen molar-refractivity contribution in [1.82, 2.24) is 4.68 Å². The molecule has 0 saturated heterocycles. The van der Waals surface area contributed by atoms with Crippen molar-refractivity contribution >= 4 is 0 Å². The van der Waals surface area contributed by atoms with Crippen LogP contribution in [0.15, 0.2) is 91.1 Å². The lowest BCUT2D eigenvalue weighted by molar-refractivity contribution is -0.990. The highest BCUT2D eigenvalue weighted by Crippen LogP contribution is 2.57. The molecule has 0 fully saturated rings. The topological polar surface area (TPSA) is 21.9 Å². The van der Waals surface area contributed by atoms with Crippen LogP contribution in [0.25, 0.3) is 39.2 Å². The van der Waals surface area contributed by atoms with Gasteiger partial charge in [0.25, 0.3) is 0 Å². The van der Waals surface area contributed by atoms with Crippen molar-refractivity contribution in [2.75, 3.05) is 0 Å². The minimum absolute atomic E-state index is 0.556. The smallest absolute Gasteiger partial charge is 0.447 e. The number of aromatic nitrogens is 3. The molecule has 4 nitrogen and oxygen atoms in total. The minimum atomic E-state index is -0.556. The molecular formula is C39H33N3O+2. The fourth-order valence-corrected chi connectivity index (χ4v) is 8.58. The van der Waals surface area contributed by atoms with Crippen molar-refractivity contribution in [3.8, 4) is 50.7 Å². The quantitative estimate of drug-likeness (QED) is 0.197. The van der Waals surface area contributed by atoms with E-state index in [-0.39, 0.29) is 0 Å². The second-order valence-corrected chi connectivity index (χ2v) is 12.5. The highest BCUT2D eigenvalue weighted by Gasteiger charge is 2.73. The molecule has 4 aromatic carbocycles. The Balaban J connectivity index is 1.38. The molecule has 1 spiro atoms. The lowest BCUT2D eigenvalue weighted by Crippen LogP contribution is -2.74. The zero-order valence-corrected chi connectivity index (χ0v) is 25.4. The van der Waals surface area contributed by atoms with E-state index >= 15 is 0 Å². The molecule has 0 bridgehead atoms. The van der Waals surface area contributed by atoms with Crippen molar-refractivity contribution < 1.29 is 14.0 Å². The van der Waals surface area contributed by atoms with Gasteiger partial charge in [-0.25, -0.2) is 0 Å². The van der Waals surface area contributed by atoms with E-state index in [1.54, 1.807) is 0 Å². The molecule has 5 heterocycles. The number of rotatable bonds is 2. The third-order valence-corrected chi connectivity index (χ3v) is 9.95. The summed E-state index contributed by atoms with van der Waals surface area (Å²) in [4.78, 5) is 0. The van der Waals surface area contributed by atoms with Crippen molar-refractivity contribution in [2.45, 2.75) is 47.2 Å². The zero-order chi connectivity index (χ0) is 29.4. The maximum absolute atomic E-state index is 6.70. The van der Waals surface area contributed by atoms with Gasteiger partial charge in [0.05, 0.1) is 11.3 Å². The Morgan fingerprint density at radius 3 is 2.09 bits per heavy atom. The molecule has 208 valence electrons. The predicted octanol–water partition coefficient (Wildman–Crippen LogP) is 7.93. The van der Waals surface area contributed by atoms with Gasteiger partial charge in [0.1, 0.15) is 17.2 Å². The van der Waals surface area contributed by atoms with Crippen molar-refractivity contribution in [3.05, 3.63) is 136 Å². The first kappa shape index (κ1) is 24.6. The van der Waals surface area contributed by atoms with Gasteiger partial charge in [-0.2, -0.15) is 0 Å². The van der Waals surface area contributed by atoms with Crippen molar-refractivity contribution in [2.24, 2.45) is 0 Å². The Morgan fingerprint density at radius 1 is 0.651 bits per heavy atom. The van der Waals surface area contributed by atoms with Crippen LogP contribution in [0, 0.1) is 41.5 Å². The highest BCUT2D eigenvalue weighted by atomic mass is 16.5. The SMILES string of the molecule is Cc1cc(-c2ccccc2)cc(C)c1-c1c(C)c[n+]2c(c1C)-c1cccc3c1C21c2c(cccc2-n2c(C)cc(C)[n+]21)O3. The van der Waals surface area contributed by atoms with Crippen molar-refractivity contribution in [1.29, 1.82) is 0 Å². The number of pyridine rings is 1. The number of nitrogens with zero attached hydrogens (tertiary/aromatic N) is 3. The summed E-state index contributed by atoms with van der Waals surface area (Å²) in [5, 5.41) is 0. The zero-order valence-electron chi connectivity index (χ0n) is 25.4. The molecule has 6 aromatic rings.